The number of carbonyl (C=O) groups is 1. The summed E-state index contributed by atoms with van der Waals surface area (Å²) in [5.74, 6) is 0.346. The van der Waals surface area contributed by atoms with E-state index < -0.39 is 6.23 Å². The number of anilines is 1. The predicted octanol–water partition coefficient (Wildman–Crippen LogP) is 3.63. The summed E-state index contributed by atoms with van der Waals surface area (Å²) in [7, 11) is 1.58. The van der Waals surface area contributed by atoms with E-state index in [4.69, 9.17) is 21.1 Å². The fourth-order valence-corrected chi connectivity index (χ4v) is 2.24. The summed E-state index contributed by atoms with van der Waals surface area (Å²) >= 11 is 5.84. The topological polar surface area (TPSA) is 47.6 Å². The lowest BCUT2D eigenvalue weighted by Gasteiger charge is -2.14. The lowest BCUT2D eigenvalue weighted by atomic mass is 10.1. The fraction of sp³-hybridized carbons (Fsp3) is 0.133. The number of halogens is 1. The van der Waals surface area contributed by atoms with Crippen LogP contribution >= 0.6 is 11.6 Å². The van der Waals surface area contributed by atoms with E-state index in [0.717, 1.165) is 11.3 Å². The second-order valence-corrected chi connectivity index (χ2v) is 4.83. The number of nitrogens with one attached hydrogen (secondary N) is 1. The molecule has 0 aliphatic carbocycles. The van der Waals surface area contributed by atoms with Gasteiger partial charge in [0.15, 0.2) is 0 Å². The Bertz CT molecular complexity index is 655. The summed E-state index contributed by atoms with van der Waals surface area (Å²) < 4.78 is 10.5. The van der Waals surface area contributed by atoms with Crippen LogP contribution in [0.5, 0.6) is 5.75 Å². The zero-order chi connectivity index (χ0) is 14.1. The van der Waals surface area contributed by atoms with Crippen LogP contribution in [-0.4, -0.2) is 13.1 Å². The molecular weight excluding hydrogens is 278 g/mol. The number of methoxy groups -OCH3 is 1. The van der Waals surface area contributed by atoms with Crippen molar-refractivity contribution >= 4 is 23.3 Å². The number of benzene rings is 2. The molecule has 2 aromatic carbocycles. The van der Waals surface area contributed by atoms with Crippen LogP contribution < -0.4 is 10.1 Å². The number of ether oxygens (including phenoxy) is 2. The highest BCUT2D eigenvalue weighted by Crippen LogP contribution is 2.34. The van der Waals surface area contributed by atoms with Crippen molar-refractivity contribution in [3.05, 3.63) is 58.6 Å². The van der Waals surface area contributed by atoms with Gasteiger partial charge in [-0.25, -0.2) is 4.79 Å². The van der Waals surface area contributed by atoms with Crippen molar-refractivity contribution in [3.8, 4) is 5.75 Å². The third-order valence-corrected chi connectivity index (χ3v) is 3.38. The maximum atomic E-state index is 11.8. The zero-order valence-corrected chi connectivity index (χ0v) is 11.5. The number of carbonyl (C=O) groups excluding carboxylic acids is 1. The molecule has 0 fully saturated rings. The Labute approximate surface area is 121 Å². The van der Waals surface area contributed by atoms with E-state index in [9.17, 15) is 4.79 Å². The van der Waals surface area contributed by atoms with Crippen LogP contribution in [0, 0.1) is 0 Å². The lowest BCUT2D eigenvalue weighted by Crippen LogP contribution is -2.10. The van der Waals surface area contributed by atoms with Gasteiger partial charge in [0.05, 0.1) is 12.7 Å². The number of hydrogen-bond donors (Lipinski definition) is 1. The van der Waals surface area contributed by atoms with E-state index in [0.29, 0.717) is 16.3 Å². The van der Waals surface area contributed by atoms with Crippen LogP contribution in [0.4, 0.5) is 5.69 Å². The number of hydrogen-bond acceptors (Lipinski definition) is 4. The Kier molecular flexibility index (Phi) is 3.24. The SMILES string of the molecule is COc1ccc2c(c1)C(Nc1ccc(Cl)cc1)OC2=O. The Morgan fingerprint density at radius 3 is 2.65 bits per heavy atom. The summed E-state index contributed by atoms with van der Waals surface area (Å²) in [5, 5.41) is 3.80. The van der Waals surface area contributed by atoms with E-state index in [-0.39, 0.29) is 5.97 Å². The van der Waals surface area contributed by atoms with Gasteiger partial charge in [0, 0.05) is 16.3 Å². The maximum absolute atomic E-state index is 11.8. The van der Waals surface area contributed by atoms with Gasteiger partial charge in [0.25, 0.3) is 0 Å². The molecule has 1 aliphatic rings. The highest BCUT2D eigenvalue weighted by molar-refractivity contribution is 6.30. The van der Waals surface area contributed by atoms with Gasteiger partial charge in [0.1, 0.15) is 5.75 Å². The van der Waals surface area contributed by atoms with Gasteiger partial charge in [-0.05, 0) is 42.5 Å². The maximum Gasteiger partial charge on any atom is 0.340 e. The van der Waals surface area contributed by atoms with Crippen LogP contribution in [0.25, 0.3) is 0 Å². The van der Waals surface area contributed by atoms with E-state index >= 15 is 0 Å². The number of esters is 1. The lowest BCUT2D eigenvalue weighted by molar-refractivity contribution is 0.0437. The molecule has 2 aromatic rings. The van der Waals surface area contributed by atoms with Gasteiger partial charge in [-0.1, -0.05) is 11.6 Å². The summed E-state index contributed by atoms with van der Waals surface area (Å²) in [5.41, 5.74) is 2.14. The van der Waals surface area contributed by atoms with Gasteiger partial charge in [-0.2, -0.15) is 0 Å². The van der Waals surface area contributed by atoms with E-state index in [1.165, 1.54) is 0 Å². The van der Waals surface area contributed by atoms with Gasteiger partial charge < -0.3 is 14.8 Å². The molecule has 1 unspecified atom stereocenters. The highest BCUT2D eigenvalue weighted by Gasteiger charge is 2.31. The first-order chi connectivity index (χ1) is 9.67. The minimum atomic E-state index is -0.520. The van der Waals surface area contributed by atoms with Crippen molar-refractivity contribution in [2.75, 3.05) is 12.4 Å². The van der Waals surface area contributed by atoms with Crippen LogP contribution in [0.1, 0.15) is 22.1 Å². The van der Waals surface area contributed by atoms with Crippen LogP contribution in [0.2, 0.25) is 5.02 Å². The standard InChI is InChI=1S/C15H12ClNO3/c1-19-11-6-7-12-13(8-11)14(20-15(12)18)17-10-4-2-9(16)3-5-10/h2-8,14,17H,1H3. The summed E-state index contributed by atoms with van der Waals surface area (Å²) in [6.07, 6.45) is -0.520. The molecule has 0 bridgehead atoms. The summed E-state index contributed by atoms with van der Waals surface area (Å²) in [4.78, 5) is 11.8. The van der Waals surface area contributed by atoms with E-state index in [1.807, 2.05) is 12.1 Å². The van der Waals surface area contributed by atoms with Crippen molar-refractivity contribution in [1.82, 2.24) is 0 Å². The molecule has 102 valence electrons. The summed E-state index contributed by atoms with van der Waals surface area (Å²) in [6, 6.07) is 12.4. The first-order valence-electron chi connectivity index (χ1n) is 6.08. The average Bonchev–Trinajstić information content (AvgIpc) is 2.77. The van der Waals surface area contributed by atoms with Crippen molar-refractivity contribution in [3.63, 3.8) is 0 Å². The molecule has 1 aliphatic heterocycles. The molecule has 1 N–H and O–H groups in total. The van der Waals surface area contributed by atoms with Crippen LogP contribution in [-0.2, 0) is 4.74 Å². The van der Waals surface area contributed by atoms with Crippen molar-refractivity contribution in [2.24, 2.45) is 0 Å². The Morgan fingerprint density at radius 1 is 1.20 bits per heavy atom. The van der Waals surface area contributed by atoms with Crippen LogP contribution in [0.15, 0.2) is 42.5 Å². The Hall–Kier alpha value is -2.20. The van der Waals surface area contributed by atoms with E-state index in [2.05, 4.69) is 5.32 Å². The van der Waals surface area contributed by atoms with Gasteiger partial charge in [-0.3, -0.25) is 0 Å². The molecular formula is C15H12ClNO3. The van der Waals surface area contributed by atoms with E-state index in [1.54, 1.807) is 37.4 Å². The predicted molar refractivity (Wildman–Crippen MR) is 76.2 cm³/mol. The van der Waals surface area contributed by atoms with Gasteiger partial charge in [-0.15, -0.1) is 0 Å². The summed E-state index contributed by atoms with van der Waals surface area (Å²) in [6.45, 7) is 0. The molecule has 0 spiro atoms. The molecule has 1 atom stereocenters. The fourth-order valence-electron chi connectivity index (χ4n) is 2.11. The average molecular weight is 290 g/mol. The zero-order valence-electron chi connectivity index (χ0n) is 10.7. The number of fused-ring (bicyclic) bond motifs is 1. The molecule has 0 amide bonds. The smallest absolute Gasteiger partial charge is 0.340 e. The minimum Gasteiger partial charge on any atom is -0.497 e. The molecule has 4 nitrogen and oxygen atoms in total. The number of cyclic esters (lactones) is 1. The quantitative estimate of drug-likeness (QED) is 0.877. The molecule has 20 heavy (non-hydrogen) atoms. The second kappa shape index (κ2) is 5.06. The molecule has 0 saturated carbocycles. The Morgan fingerprint density at radius 2 is 1.95 bits per heavy atom. The van der Waals surface area contributed by atoms with Gasteiger partial charge in [0.2, 0.25) is 6.23 Å². The molecule has 1 heterocycles. The first-order valence-corrected chi connectivity index (χ1v) is 6.46. The Balaban J connectivity index is 1.90. The normalized spacial score (nSPS) is 16.5. The minimum absolute atomic E-state index is 0.339. The highest BCUT2D eigenvalue weighted by atomic mass is 35.5. The van der Waals surface area contributed by atoms with Crippen molar-refractivity contribution in [2.45, 2.75) is 6.23 Å². The van der Waals surface area contributed by atoms with Crippen LogP contribution in [0.3, 0.4) is 0 Å². The molecule has 0 radical (unpaired) electrons. The first kappa shape index (κ1) is 12.8. The van der Waals surface area contributed by atoms with Gasteiger partial charge >= 0.3 is 5.97 Å². The van der Waals surface area contributed by atoms with Crippen molar-refractivity contribution in [1.29, 1.82) is 0 Å². The third kappa shape index (κ3) is 2.30. The van der Waals surface area contributed by atoms with Crippen molar-refractivity contribution < 1.29 is 14.3 Å². The molecule has 3 rings (SSSR count). The largest absolute Gasteiger partial charge is 0.497 e. The number of rotatable bonds is 3. The molecule has 5 heteroatoms. The monoisotopic (exact) mass is 289 g/mol. The molecule has 0 aromatic heterocycles. The third-order valence-electron chi connectivity index (χ3n) is 3.13. The second-order valence-electron chi connectivity index (χ2n) is 4.39. The molecule has 0 saturated heterocycles.